The van der Waals surface area contributed by atoms with Crippen LogP contribution in [-0.2, 0) is 14.1 Å². The van der Waals surface area contributed by atoms with Gasteiger partial charge in [-0.15, -0.1) is 0 Å². The summed E-state index contributed by atoms with van der Waals surface area (Å²) in [5, 5.41) is 12.3. The Hall–Kier alpha value is -2.37. The molecule has 168 valence electrons. The fourth-order valence-electron chi connectivity index (χ4n) is 2.07. The van der Waals surface area contributed by atoms with Crippen molar-refractivity contribution in [2.75, 3.05) is 0 Å². The molecular weight excluding hydrogens is 360 g/mol. The first-order chi connectivity index (χ1) is 12.2. The Bertz CT molecular complexity index is 676. The molecule has 0 fully saturated rings. The van der Waals surface area contributed by atoms with Crippen molar-refractivity contribution in [2.45, 2.75) is 81.7 Å². The van der Waals surface area contributed by atoms with E-state index in [1.807, 2.05) is 65.1 Å². The van der Waals surface area contributed by atoms with E-state index < -0.39 is 0 Å². The molecule has 29 heavy (non-hydrogen) atoms. The molecule has 0 saturated heterocycles. The molecule has 0 aliphatic rings. The second kappa shape index (κ2) is 15.5. The molecule has 6 nitrogen and oxygen atoms in total. The summed E-state index contributed by atoms with van der Waals surface area (Å²) in [4.78, 5) is 0. The average molecular weight is 407 g/mol. The standard InChI is InChI=1S/2C7H12N2.C6H10N2.3CH4/c1-6(2)7-4-8-9(3)5-7;1-6(2)7-4-5-9(3)8-7;1-6(2)8-5-3-4-7-8;;;/h2*4-6H,1-3H3;3-6H,1-2H3;3*1H4. The van der Waals surface area contributed by atoms with Gasteiger partial charge in [-0.25, -0.2) is 0 Å². The molecule has 3 heterocycles. The van der Waals surface area contributed by atoms with Gasteiger partial charge in [-0.2, -0.15) is 15.3 Å². The molecule has 0 unspecified atom stereocenters. The summed E-state index contributed by atoms with van der Waals surface area (Å²) in [6.07, 6.45) is 9.68. The minimum atomic E-state index is 0. The number of hydrogen-bond donors (Lipinski definition) is 0. The summed E-state index contributed by atoms with van der Waals surface area (Å²) in [6, 6.07) is 4.47. The van der Waals surface area contributed by atoms with E-state index in [0.717, 1.165) is 5.69 Å². The molecule has 0 spiro atoms. The van der Waals surface area contributed by atoms with Gasteiger partial charge in [-0.3, -0.25) is 14.0 Å². The van der Waals surface area contributed by atoms with Crippen molar-refractivity contribution in [1.29, 1.82) is 0 Å². The first kappa shape index (κ1) is 31.3. The Balaban J connectivity index is -0.000000333. The van der Waals surface area contributed by atoms with Crippen molar-refractivity contribution < 1.29 is 0 Å². The van der Waals surface area contributed by atoms with Gasteiger partial charge in [-0.1, -0.05) is 50.0 Å². The van der Waals surface area contributed by atoms with Crippen molar-refractivity contribution in [1.82, 2.24) is 29.3 Å². The third-order valence-corrected chi connectivity index (χ3v) is 3.77. The van der Waals surface area contributed by atoms with Gasteiger partial charge in [0.15, 0.2) is 0 Å². The lowest BCUT2D eigenvalue weighted by Gasteiger charge is -2.01. The summed E-state index contributed by atoms with van der Waals surface area (Å²) in [5.41, 5.74) is 2.47. The van der Waals surface area contributed by atoms with E-state index in [0.29, 0.717) is 17.9 Å². The summed E-state index contributed by atoms with van der Waals surface area (Å²) in [7, 11) is 3.87. The van der Waals surface area contributed by atoms with Crippen LogP contribution in [0.25, 0.3) is 0 Å². The Kier molecular flexibility index (Phi) is 16.8. The number of rotatable bonds is 3. The second-order valence-electron chi connectivity index (χ2n) is 7.25. The highest BCUT2D eigenvalue weighted by Gasteiger charge is 2.00. The predicted octanol–water partition coefficient (Wildman–Crippen LogP) is 6.46. The van der Waals surface area contributed by atoms with E-state index in [4.69, 9.17) is 0 Å². The molecule has 6 heteroatoms. The van der Waals surface area contributed by atoms with E-state index in [-0.39, 0.29) is 22.3 Å². The Labute approximate surface area is 180 Å². The average Bonchev–Trinajstić information content (AvgIpc) is 3.28. The van der Waals surface area contributed by atoms with Crippen LogP contribution in [0.3, 0.4) is 0 Å². The zero-order valence-corrected chi connectivity index (χ0v) is 17.5. The van der Waals surface area contributed by atoms with Crippen LogP contribution in [0.1, 0.15) is 93.0 Å². The summed E-state index contributed by atoms with van der Waals surface area (Å²) in [5.74, 6) is 1.14. The molecule has 3 aromatic rings. The highest BCUT2D eigenvalue weighted by atomic mass is 15.3. The van der Waals surface area contributed by atoms with Crippen LogP contribution in [0.4, 0.5) is 0 Å². The Morgan fingerprint density at radius 1 is 0.793 bits per heavy atom. The molecule has 0 N–H and O–H groups in total. The number of nitrogens with zero attached hydrogens (tertiary/aromatic N) is 6. The lowest BCUT2D eigenvalue weighted by Crippen LogP contribution is -1.99. The molecule has 0 amide bonds. The molecule has 0 aliphatic heterocycles. The van der Waals surface area contributed by atoms with E-state index in [9.17, 15) is 0 Å². The smallest absolute Gasteiger partial charge is 0.0649 e. The fourth-order valence-corrected chi connectivity index (χ4v) is 2.07. The zero-order valence-electron chi connectivity index (χ0n) is 17.5. The van der Waals surface area contributed by atoms with E-state index in [1.54, 1.807) is 6.20 Å². The molecule has 0 saturated carbocycles. The summed E-state index contributed by atoms with van der Waals surface area (Å²) < 4.78 is 5.57. The maximum atomic E-state index is 4.23. The van der Waals surface area contributed by atoms with E-state index in [2.05, 4.69) is 56.8 Å². The minimum Gasteiger partial charge on any atom is -0.276 e. The zero-order chi connectivity index (χ0) is 19.7. The molecule has 0 aromatic carbocycles. The molecule has 0 aliphatic carbocycles. The van der Waals surface area contributed by atoms with Gasteiger partial charge in [0, 0.05) is 44.9 Å². The first-order valence-corrected chi connectivity index (χ1v) is 9.17. The minimum absolute atomic E-state index is 0. The van der Waals surface area contributed by atoms with Crippen LogP contribution in [-0.4, -0.2) is 29.3 Å². The second-order valence-corrected chi connectivity index (χ2v) is 7.25. The molecule has 3 aromatic heterocycles. The molecule has 0 atom stereocenters. The third-order valence-electron chi connectivity index (χ3n) is 3.77. The van der Waals surface area contributed by atoms with Crippen LogP contribution in [0.5, 0.6) is 0 Å². The number of hydrogen-bond acceptors (Lipinski definition) is 3. The van der Waals surface area contributed by atoms with Crippen molar-refractivity contribution in [3.63, 3.8) is 0 Å². The first-order valence-electron chi connectivity index (χ1n) is 9.17. The van der Waals surface area contributed by atoms with Gasteiger partial charge in [-0.05, 0) is 43.4 Å². The van der Waals surface area contributed by atoms with Crippen molar-refractivity contribution in [3.05, 3.63) is 54.4 Å². The van der Waals surface area contributed by atoms with Crippen LogP contribution < -0.4 is 0 Å². The van der Waals surface area contributed by atoms with Gasteiger partial charge >= 0.3 is 0 Å². The maximum absolute atomic E-state index is 4.23. The number of aromatic nitrogens is 6. The van der Waals surface area contributed by atoms with Gasteiger partial charge in [0.05, 0.1) is 11.9 Å². The highest BCUT2D eigenvalue weighted by molar-refractivity contribution is 5.08. The largest absolute Gasteiger partial charge is 0.276 e. The Morgan fingerprint density at radius 3 is 1.62 bits per heavy atom. The van der Waals surface area contributed by atoms with Gasteiger partial charge in [0.2, 0.25) is 0 Å². The molecule has 0 bridgehead atoms. The normalized spacial score (nSPS) is 9.48. The quantitative estimate of drug-likeness (QED) is 0.501. The van der Waals surface area contributed by atoms with Crippen LogP contribution in [0.2, 0.25) is 0 Å². The highest BCUT2D eigenvalue weighted by Crippen LogP contribution is 2.11. The summed E-state index contributed by atoms with van der Waals surface area (Å²) in [6.45, 7) is 12.8. The molecular formula is C23H46N6. The molecule has 3 rings (SSSR count). The van der Waals surface area contributed by atoms with Crippen molar-refractivity contribution in [2.24, 2.45) is 14.1 Å². The van der Waals surface area contributed by atoms with Crippen LogP contribution in [0.15, 0.2) is 43.1 Å². The van der Waals surface area contributed by atoms with E-state index >= 15 is 0 Å². The predicted molar refractivity (Wildman–Crippen MR) is 127 cm³/mol. The third kappa shape index (κ3) is 11.9. The lowest BCUT2D eigenvalue weighted by atomic mass is 10.1. The monoisotopic (exact) mass is 406 g/mol. The fraction of sp³-hybridized carbons (Fsp3) is 0.609. The molecule has 0 radical (unpaired) electrons. The van der Waals surface area contributed by atoms with Gasteiger partial charge in [0.1, 0.15) is 0 Å². The number of aryl methyl sites for hydroxylation is 2. The van der Waals surface area contributed by atoms with Crippen LogP contribution >= 0.6 is 0 Å². The Morgan fingerprint density at radius 2 is 1.41 bits per heavy atom. The topological polar surface area (TPSA) is 53.5 Å². The van der Waals surface area contributed by atoms with Crippen LogP contribution in [0, 0.1) is 0 Å². The lowest BCUT2D eigenvalue weighted by molar-refractivity contribution is 0.532. The van der Waals surface area contributed by atoms with Gasteiger partial charge < -0.3 is 0 Å². The van der Waals surface area contributed by atoms with Crippen molar-refractivity contribution in [3.8, 4) is 0 Å². The SMILES string of the molecule is C.C.C.CC(C)c1ccn(C)n1.CC(C)c1cnn(C)c1.CC(C)n1cccn1. The van der Waals surface area contributed by atoms with Crippen molar-refractivity contribution >= 4 is 0 Å². The summed E-state index contributed by atoms with van der Waals surface area (Å²) >= 11 is 0. The maximum Gasteiger partial charge on any atom is 0.0649 e. The van der Waals surface area contributed by atoms with Gasteiger partial charge in [0.25, 0.3) is 0 Å². The van der Waals surface area contributed by atoms with E-state index in [1.165, 1.54) is 5.56 Å².